The van der Waals surface area contributed by atoms with Crippen molar-refractivity contribution in [3.05, 3.63) is 79.1 Å². The minimum atomic E-state index is -3.86. The molecule has 10 nitrogen and oxygen atoms in total. The van der Waals surface area contributed by atoms with Gasteiger partial charge in [-0.25, -0.2) is 18.2 Å². The molecule has 28 heavy (non-hydrogen) atoms. The second-order valence-electron chi connectivity index (χ2n) is 5.83. The topological polar surface area (TPSA) is 161 Å². The number of hydrogen-bond acceptors (Lipinski definition) is 6. The molecule has 0 unspecified atom stereocenters. The van der Waals surface area contributed by atoms with E-state index >= 15 is 0 Å². The minimum absolute atomic E-state index is 0.103. The van der Waals surface area contributed by atoms with Crippen LogP contribution < -0.4 is 21.3 Å². The van der Waals surface area contributed by atoms with Gasteiger partial charge in [0.15, 0.2) is 5.75 Å². The van der Waals surface area contributed by atoms with Crippen molar-refractivity contribution in [1.82, 2.24) is 9.78 Å². The van der Waals surface area contributed by atoms with Crippen LogP contribution >= 0.6 is 0 Å². The van der Waals surface area contributed by atoms with Gasteiger partial charge in [-0.2, -0.15) is 0 Å². The van der Waals surface area contributed by atoms with Crippen LogP contribution in [0.15, 0.2) is 52.2 Å². The zero-order valence-corrected chi connectivity index (χ0v) is 15.0. The number of hydrogen-bond donors (Lipinski definition) is 3. The normalized spacial score (nSPS) is 12.2. The van der Waals surface area contributed by atoms with E-state index < -0.39 is 31.9 Å². The van der Waals surface area contributed by atoms with E-state index in [1.165, 1.54) is 36.4 Å². The Bertz CT molecular complexity index is 1350. The third-order valence-corrected chi connectivity index (χ3v) is 4.87. The van der Waals surface area contributed by atoms with Crippen LogP contribution in [0.4, 0.5) is 5.69 Å². The van der Waals surface area contributed by atoms with Gasteiger partial charge in [-0.3, -0.25) is 20.0 Å². The summed E-state index contributed by atoms with van der Waals surface area (Å²) in [7, 11) is -3.86. The quantitative estimate of drug-likeness (QED) is 0.400. The maximum atomic E-state index is 12.7. The summed E-state index contributed by atoms with van der Waals surface area (Å²) in [6, 6.07) is 9.01. The molecule has 0 aliphatic rings. The largest absolute Gasteiger partial charge is 0.502 e. The summed E-state index contributed by atoms with van der Waals surface area (Å²) in [5, 5.41) is 28.7. The molecule has 11 heteroatoms. The summed E-state index contributed by atoms with van der Waals surface area (Å²) in [4.78, 5) is 22.8. The van der Waals surface area contributed by atoms with Crippen LogP contribution in [0, 0.1) is 10.1 Å². The number of sulfonamides is 1. The highest BCUT2D eigenvalue weighted by atomic mass is 32.2. The molecule has 2 aromatic carbocycles. The van der Waals surface area contributed by atoms with Gasteiger partial charge < -0.3 is 5.11 Å². The second kappa shape index (κ2) is 6.79. The number of primary sulfonamides is 1. The van der Waals surface area contributed by atoms with Crippen LogP contribution in [0.3, 0.4) is 0 Å². The first-order valence-corrected chi connectivity index (χ1v) is 9.25. The zero-order chi connectivity index (χ0) is 20.6. The predicted molar refractivity (Wildman–Crippen MR) is 101 cm³/mol. The van der Waals surface area contributed by atoms with Crippen molar-refractivity contribution < 1.29 is 18.4 Å². The van der Waals surface area contributed by atoms with Crippen molar-refractivity contribution in [2.24, 2.45) is 5.14 Å². The minimum Gasteiger partial charge on any atom is -0.502 e. The Morgan fingerprint density at radius 2 is 1.86 bits per heavy atom. The first kappa shape index (κ1) is 19.1. The van der Waals surface area contributed by atoms with Crippen molar-refractivity contribution in [1.29, 1.82) is 0 Å². The number of nitrogens with zero attached hydrogens (tertiary/aromatic N) is 2. The van der Waals surface area contributed by atoms with Crippen molar-refractivity contribution >= 4 is 28.4 Å². The van der Waals surface area contributed by atoms with Gasteiger partial charge in [0, 0.05) is 6.07 Å². The molecule has 0 spiro atoms. The van der Waals surface area contributed by atoms with E-state index in [0.717, 1.165) is 16.8 Å². The number of phenols is 1. The number of phenolic OH excluding ortho intramolecular Hbond substituents is 1. The predicted octanol–water partition coefficient (Wildman–Crippen LogP) is -0.334. The number of benzene rings is 2. The van der Waals surface area contributed by atoms with Crippen molar-refractivity contribution in [2.45, 2.75) is 4.90 Å². The maximum Gasteiger partial charge on any atom is 0.311 e. The van der Waals surface area contributed by atoms with Gasteiger partial charge in [-0.05, 0) is 42.0 Å². The molecule has 1 aromatic heterocycles. The molecule has 0 bridgehead atoms. The number of nitrogens with two attached hydrogens (primary N) is 1. The van der Waals surface area contributed by atoms with Gasteiger partial charge in [0.1, 0.15) is 0 Å². The monoisotopic (exact) mass is 402 g/mol. The average Bonchev–Trinajstić information content (AvgIpc) is 2.90. The number of nitro benzene ring substituents is 1. The highest BCUT2D eigenvalue weighted by Crippen LogP contribution is 2.26. The summed E-state index contributed by atoms with van der Waals surface area (Å²) in [5.41, 5.74) is -0.321. The first-order valence-electron chi connectivity index (χ1n) is 7.70. The SMILES string of the molecule is C=c1[nH]n(-c2ccc(S(N)(=O)=O)cc2)c(=O)/c1=C\c1ccc(O)c([N+](=O)[O-])c1. The molecule has 1 heterocycles. The van der Waals surface area contributed by atoms with Crippen LogP contribution in [0.2, 0.25) is 0 Å². The number of rotatable bonds is 4. The molecule has 0 saturated heterocycles. The number of nitrogens with one attached hydrogen (secondary N) is 1. The summed E-state index contributed by atoms with van der Waals surface area (Å²) in [5.74, 6) is -0.488. The Kier molecular flexibility index (Phi) is 4.63. The number of nitro groups is 1. The van der Waals surface area contributed by atoms with Crippen LogP contribution in [0.1, 0.15) is 5.56 Å². The van der Waals surface area contributed by atoms with Gasteiger partial charge >= 0.3 is 5.69 Å². The fourth-order valence-electron chi connectivity index (χ4n) is 2.55. The third-order valence-electron chi connectivity index (χ3n) is 3.94. The highest BCUT2D eigenvalue weighted by molar-refractivity contribution is 7.89. The molecule has 0 saturated carbocycles. The Morgan fingerprint density at radius 3 is 2.43 bits per heavy atom. The molecule has 3 rings (SSSR count). The average molecular weight is 402 g/mol. The van der Waals surface area contributed by atoms with Crippen molar-refractivity contribution in [3.63, 3.8) is 0 Å². The summed E-state index contributed by atoms with van der Waals surface area (Å²) < 4.78 is 23.8. The van der Waals surface area contributed by atoms with Crippen molar-refractivity contribution in [2.75, 3.05) is 0 Å². The Hall–Kier alpha value is -3.70. The fourth-order valence-corrected chi connectivity index (χ4v) is 3.07. The maximum absolute atomic E-state index is 12.7. The van der Waals surface area contributed by atoms with Gasteiger partial charge in [0.25, 0.3) is 5.56 Å². The first-order chi connectivity index (χ1) is 13.1. The van der Waals surface area contributed by atoms with Gasteiger partial charge in [0.2, 0.25) is 10.0 Å². The summed E-state index contributed by atoms with van der Waals surface area (Å²) in [6.45, 7) is 3.75. The van der Waals surface area contributed by atoms with Crippen LogP contribution in [-0.2, 0) is 10.0 Å². The van der Waals surface area contributed by atoms with Gasteiger partial charge in [0.05, 0.1) is 26.1 Å². The molecule has 0 aliphatic heterocycles. The van der Waals surface area contributed by atoms with E-state index in [-0.39, 0.29) is 15.5 Å². The lowest BCUT2D eigenvalue weighted by Crippen LogP contribution is -2.33. The second-order valence-corrected chi connectivity index (χ2v) is 7.39. The third kappa shape index (κ3) is 3.56. The van der Waals surface area contributed by atoms with Crippen LogP contribution in [0.5, 0.6) is 5.75 Å². The molecule has 0 aliphatic carbocycles. The van der Waals surface area contributed by atoms with E-state index in [1.54, 1.807) is 0 Å². The molecule has 0 fully saturated rings. The van der Waals surface area contributed by atoms with E-state index in [0.29, 0.717) is 11.3 Å². The Labute approximate surface area is 157 Å². The van der Waals surface area contributed by atoms with Crippen molar-refractivity contribution in [3.8, 4) is 11.4 Å². The van der Waals surface area contributed by atoms with E-state index in [1.807, 2.05) is 0 Å². The molecule has 0 atom stereocenters. The molecule has 0 amide bonds. The smallest absolute Gasteiger partial charge is 0.311 e. The van der Waals surface area contributed by atoms with Crippen LogP contribution in [0.25, 0.3) is 18.3 Å². The lowest BCUT2D eigenvalue weighted by atomic mass is 10.1. The lowest BCUT2D eigenvalue weighted by Gasteiger charge is -2.02. The number of aromatic amines is 1. The molecule has 4 N–H and O–H groups in total. The van der Waals surface area contributed by atoms with E-state index in [4.69, 9.17) is 5.14 Å². The van der Waals surface area contributed by atoms with Gasteiger partial charge in [-0.1, -0.05) is 12.6 Å². The molecular formula is C17H14N4O6S. The van der Waals surface area contributed by atoms with E-state index in [9.17, 15) is 28.4 Å². The Balaban J connectivity index is 2.12. The summed E-state index contributed by atoms with van der Waals surface area (Å²) >= 11 is 0. The Morgan fingerprint density at radius 1 is 1.21 bits per heavy atom. The van der Waals surface area contributed by atoms with Crippen LogP contribution in [-0.4, -0.2) is 28.2 Å². The molecular weight excluding hydrogens is 388 g/mol. The molecule has 3 aromatic rings. The number of H-pyrrole nitrogens is 1. The lowest BCUT2D eigenvalue weighted by molar-refractivity contribution is -0.385. The highest BCUT2D eigenvalue weighted by Gasteiger charge is 2.13. The molecule has 144 valence electrons. The standard InChI is InChI=1S/C17H14N4O6S/c1-10-14(8-11-2-7-16(22)15(9-11)21(24)25)17(23)20(19-10)12-3-5-13(6-4-12)28(18,26)27/h2-9,19,22H,1H2,(H2,18,26,27)/b14-8-. The van der Waals surface area contributed by atoms with E-state index in [2.05, 4.69) is 11.7 Å². The summed E-state index contributed by atoms with van der Waals surface area (Å²) in [6.07, 6.45) is 1.39. The molecule has 0 radical (unpaired) electrons. The van der Waals surface area contributed by atoms with Gasteiger partial charge in [-0.15, -0.1) is 0 Å². The zero-order valence-electron chi connectivity index (χ0n) is 14.2. The number of aromatic hydroxyl groups is 1. The number of aromatic nitrogens is 2. The fraction of sp³-hybridized carbons (Fsp3) is 0.